The zero-order chi connectivity index (χ0) is 33.4. The van der Waals surface area contributed by atoms with Crippen molar-refractivity contribution < 1.29 is 13.2 Å². The van der Waals surface area contributed by atoms with E-state index in [1.54, 1.807) is 48.5 Å². The Bertz CT molecular complexity index is 2360. The van der Waals surface area contributed by atoms with Crippen molar-refractivity contribution in [3.05, 3.63) is 164 Å². The SMILES string of the molecule is Cc1ccc(S(=O)(=O)Nc2ccc(C(=O)N3N=C(c4c(-c5ccccc5)c5cc(Br)ccc5[nH]c4=O)C[C@@H]3c3ccccc3)cc2)cc1. The first-order valence-electron chi connectivity index (χ1n) is 15.2. The molecule has 0 fully saturated rings. The number of carbonyl (C=O) groups excluding carboxylic acids is 1. The molecule has 0 saturated carbocycles. The van der Waals surface area contributed by atoms with E-state index in [1.165, 1.54) is 5.01 Å². The molecule has 7 rings (SSSR count). The summed E-state index contributed by atoms with van der Waals surface area (Å²) in [5, 5.41) is 7.13. The predicted octanol–water partition coefficient (Wildman–Crippen LogP) is 8.06. The van der Waals surface area contributed by atoms with Crippen LogP contribution < -0.4 is 10.3 Å². The largest absolute Gasteiger partial charge is 0.321 e. The Balaban J connectivity index is 1.28. The molecule has 0 unspecified atom stereocenters. The van der Waals surface area contributed by atoms with Crippen molar-refractivity contribution in [1.82, 2.24) is 9.99 Å². The number of hydrogen-bond donors (Lipinski definition) is 2. The van der Waals surface area contributed by atoms with E-state index in [4.69, 9.17) is 5.10 Å². The van der Waals surface area contributed by atoms with Gasteiger partial charge in [0.2, 0.25) is 0 Å². The highest BCUT2D eigenvalue weighted by Gasteiger charge is 2.36. The van der Waals surface area contributed by atoms with E-state index in [-0.39, 0.29) is 16.4 Å². The van der Waals surface area contributed by atoms with Gasteiger partial charge in [0.05, 0.1) is 22.2 Å². The van der Waals surface area contributed by atoms with Gasteiger partial charge in [0.1, 0.15) is 0 Å². The van der Waals surface area contributed by atoms with Crippen LogP contribution in [0, 0.1) is 6.92 Å². The van der Waals surface area contributed by atoms with Crippen LogP contribution in [0.4, 0.5) is 5.69 Å². The second kappa shape index (κ2) is 12.7. The van der Waals surface area contributed by atoms with E-state index in [1.807, 2.05) is 85.8 Å². The molecule has 0 spiro atoms. The minimum atomic E-state index is -3.81. The van der Waals surface area contributed by atoms with E-state index >= 15 is 0 Å². The first-order valence-corrected chi connectivity index (χ1v) is 17.5. The van der Waals surface area contributed by atoms with Crippen LogP contribution in [-0.4, -0.2) is 30.0 Å². The third kappa shape index (κ3) is 6.08. The summed E-state index contributed by atoms with van der Waals surface area (Å²) < 4.78 is 29.3. The number of aromatic nitrogens is 1. The number of benzene rings is 5. The maximum atomic E-state index is 14.1. The number of nitrogens with one attached hydrogen (secondary N) is 2. The minimum Gasteiger partial charge on any atom is -0.321 e. The quantitative estimate of drug-likeness (QED) is 0.174. The van der Waals surface area contributed by atoms with E-state index in [9.17, 15) is 18.0 Å². The number of hydrogen-bond acceptors (Lipinski definition) is 5. The highest BCUT2D eigenvalue weighted by Crippen LogP contribution is 2.38. The molecule has 1 amide bonds. The molecule has 2 N–H and O–H groups in total. The van der Waals surface area contributed by atoms with Gasteiger partial charge in [-0.2, -0.15) is 5.10 Å². The second-order valence-corrected chi connectivity index (χ2v) is 14.2. The molecule has 10 heteroatoms. The standard InChI is InChI=1S/C38H29BrN4O4S/c1-24-12-19-30(20-13-24)48(46,47)42-29-17-14-27(15-18-29)38(45)43-34(25-8-4-2-5-9-25)23-33(41-43)36-35(26-10-6-3-7-11-26)31-22-28(39)16-21-32(31)40-37(36)44/h2-22,34,42H,23H2,1H3,(H,40,44)/t34-/m1/s1. The molecule has 1 atom stereocenters. The number of rotatable bonds is 7. The third-order valence-corrected chi connectivity index (χ3v) is 10.2. The van der Waals surface area contributed by atoms with Gasteiger partial charge < -0.3 is 4.98 Å². The molecule has 238 valence electrons. The number of amides is 1. The van der Waals surface area contributed by atoms with Crippen LogP contribution in [0.1, 0.15) is 39.5 Å². The van der Waals surface area contributed by atoms with Crippen LogP contribution in [0.25, 0.3) is 22.0 Å². The Morgan fingerprint density at radius 2 is 1.52 bits per heavy atom. The fourth-order valence-electron chi connectivity index (χ4n) is 5.97. The van der Waals surface area contributed by atoms with Gasteiger partial charge in [0.15, 0.2) is 0 Å². The van der Waals surface area contributed by atoms with Crippen molar-refractivity contribution in [3.8, 4) is 11.1 Å². The molecular weight excluding hydrogens is 688 g/mol. The molecule has 0 radical (unpaired) electrons. The van der Waals surface area contributed by atoms with E-state index in [2.05, 4.69) is 25.6 Å². The molecule has 1 aliphatic rings. The van der Waals surface area contributed by atoms with Crippen molar-refractivity contribution in [1.29, 1.82) is 0 Å². The number of anilines is 1. The Morgan fingerprint density at radius 3 is 2.21 bits per heavy atom. The lowest BCUT2D eigenvalue weighted by Gasteiger charge is -2.22. The van der Waals surface area contributed by atoms with Gasteiger partial charge in [-0.3, -0.25) is 14.3 Å². The van der Waals surface area contributed by atoms with Gasteiger partial charge in [-0.15, -0.1) is 0 Å². The maximum Gasteiger partial charge on any atom is 0.274 e. The monoisotopic (exact) mass is 716 g/mol. The fourth-order valence-corrected chi connectivity index (χ4v) is 7.39. The normalized spacial score (nSPS) is 14.6. The minimum absolute atomic E-state index is 0.142. The molecular formula is C38H29BrN4O4S. The molecule has 0 saturated heterocycles. The van der Waals surface area contributed by atoms with Crippen LogP contribution in [0.3, 0.4) is 0 Å². The average molecular weight is 718 g/mol. The number of aromatic amines is 1. The highest BCUT2D eigenvalue weighted by molar-refractivity contribution is 9.10. The van der Waals surface area contributed by atoms with E-state index in [0.717, 1.165) is 32.1 Å². The Morgan fingerprint density at radius 1 is 0.854 bits per heavy atom. The molecule has 2 heterocycles. The number of halogens is 1. The van der Waals surface area contributed by atoms with Crippen molar-refractivity contribution in [3.63, 3.8) is 0 Å². The van der Waals surface area contributed by atoms with Crippen LogP contribution in [0.5, 0.6) is 0 Å². The molecule has 1 aromatic heterocycles. The number of sulfonamides is 1. The molecule has 1 aliphatic heterocycles. The number of carbonyl (C=O) groups is 1. The van der Waals surface area contributed by atoms with Crippen molar-refractivity contribution in [2.24, 2.45) is 5.10 Å². The van der Waals surface area contributed by atoms with Gasteiger partial charge in [-0.25, -0.2) is 13.4 Å². The average Bonchev–Trinajstić information content (AvgIpc) is 3.54. The van der Waals surface area contributed by atoms with Gasteiger partial charge >= 0.3 is 0 Å². The Kier molecular flexibility index (Phi) is 8.28. The summed E-state index contributed by atoms with van der Waals surface area (Å²) in [5.74, 6) is -0.381. The van der Waals surface area contributed by atoms with Crippen LogP contribution in [0.15, 0.2) is 147 Å². The number of nitrogens with zero attached hydrogens (tertiary/aromatic N) is 2. The van der Waals surface area contributed by atoms with E-state index in [0.29, 0.717) is 34.5 Å². The lowest BCUT2D eigenvalue weighted by Crippen LogP contribution is -2.27. The summed E-state index contributed by atoms with van der Waals surface area (Å²) in [6, 6.07) is 37.3. The maximum absolute atomic E-state index is 14.1. The van der Waals surface area contributed by atoms with Crippen LogP contribution >= 0.6 is 15.9 Å². The number of pyridine rings is 1. The molecule has 48 heavy (non-hydrogen) atoms. The van der Waals surface area contributed by atoms with Gasteiger partial charge in [0, 0.05) is 38.6 Å². The third-order valence-electron chi connectivity index (χ3n) is 8.35. The predicted molar refractivity (Wildman–Crippen MR) is 193 cm³/mol. The molecule has 5 aromatic carbocycles. The first kappa shape index (κ1) is 31.3. The summed E-state index contributed by atoms with van der Waals surface area (Å²) in [7, 11) is -3.81. The molecule has 6 aromatic rings. The lowest BCUT2D eigenvalue weighted by atomic mass is 9.91. The summed E-state index contributed by atoms with van der Waals surface area (Å²) in [4.78, 5) is 31.2. The van der Waals surface area contributed by atoms with Crippen LogP contribution in [-0.2, 0) is 10.0 Å². The zero-order valence-corrected chi connectivity index (χ0v) is 28.1. The fraction of sp³-hybridized carbons (Fsp3) is 0.0789. The summed E-state index contributed by atoms with van der Waals surface area (Å²) in [5.41, 5.74) is 5.34. The summed E-state index contributed by atoms with van der Waals surface area (Å²) >= 11 is 3.58. The number of fused-ring (bicyclic) bond motifs is 1. The van der Waals surface area contributed by atoms with Crippen molar-refractivity contribution in [2.75, 3.05) is 4.72 Å². The Hall–Kier alpha value is -5.32. The van der Waals surface area contributed by atoms with Gasteiger partial charge in [-0.05, 0) is 72.6 Å². The smallest absolute Gasteiger partial charge is 0.274 e. The molecule has 8 nitrogen and oxygen atoms in total. The number of aryl methyl sites for hydroxylation is 1. The van der Waals surface area contributed by atoms with Crippen molar-refractivity contribution in [2.45, 2.75) is 24.3 Å². The molecule has 0 bridgehead atoms. The van der Waals surface area contributed by atoms with Crippen LogP contribution in [0.2, 0.25) is 0 Å². The number of hydrazone groups is 1. The number of H-pyrrole nitrogens is 1. The topological polar surface area (TPSA) is 112 Å². The second-order valence-electron chi connectivity index (χ2n) is 11.6. The lowest BCUT2D eigenvalue weighted by molar-refractivity contribution is 0.0711. The van der Waals surface area contributed by atoms with Gasteiger partial charge in [0.25, 0.3) is 21.5 Å². The zero-order valence-electron chi connectivity index (χ0n) is 25.7. The first-order chi connectivity index (χ1) is 23.2. The van der Waals surface area contributed by atoms with E-state index < -0.39 is 16.1 Å². The summed E-state index contributed by atoms with van der Waals surface area (Å²) in [6.45, 7) is 1.89. The van der Waals surface area contributed by atoms with Gasteiger partial charge in [-0.1, -0.05) is 94.3 Å². The summed E-state index contributed by atoms with van der Waals surface area (Å²) in [6.07, 6.45) is 0.312. The highest BCUT2D eigenvalue weighted by atomic mass is 79.9. The van der Waals surface area contributed by atoms with Crippen molar-refractivity contribution >= 4 is 54.2 Å². The Labute approximate surface area is 286 Å². The molecule has 0 aliphatic carbocycles.